The number of nitro groups is 1. The molecule has 0 unspecified atom stereocenters. The van der Waals surface area contributed by atoms with Crippen LogP contribution in [-0.2, 0) is 0 Å². The molecule has 0 aliphatic rings. The molecule has 0 fully saturated rings. The second kappa shape index (κ2) is 6.22. The van der Waals surface area contributed by atoms with E-state index in [1.807, 2.05) is 0 Å². The zero-order valence-corrected chi connectivity index (χ0v) is 12.1. The van der Waals surface area contributed by atoms with Gasteiger partial charge in [0.05, 0.1) is 9.92 Å². The number of hydrogen-bond donors (Lipinski definition) is 3. The van der Waals surface area contributed by atoms with E-state index >= 15 is 0 Å². The van der Waals surface area contributed by atoms with E-state index in [-0.39, 0.29) is 10.6 Å². The monoisotopic (exact) mass is 321 g/mol. The number of thiophene rings is 1. The second-order valence-electron chi connectivity index (χ2n) is 4.31. The maximum absolute atomic E-state index is 11.8. The molecule has 2 aromatic rings. The fourth-order valence-electron chi connectivity index (χ4n) is 1.70. The number of non-ortho nitro benzene ring substituents is 1. The number of carboxylic acid groups (broad SMARTS) is 1. The van der Waals surface area contributed by atoms with E-state index in [1.54, 1.807) is 13.0 Å². The predicted molar refractivity (Wildman–Crippen MR) is 81.8 cm³/mol. The van der Waals surface area contributed by atoms with Crippen LogP contribution in [-0.4, -0.2) is 22.0 Å². The van der Waals surface area contributed by atoms with E-state index in [2.05, 4.69) is 10.6 Å². The lowest BCUT2D eigenvalue weighted by Crippen LogP contribution is -2.18. The van der Waals surface area contributed by atoms with Crippen molar-refractivity contribution in [3.05, 3.63) is 50.9 Å². The van der Waals surface area contributed by atoms with Gasteiger partial charge in [-0.3, -0.25) is 15.4 Å². The van der Waals surface area contributed by atoms with Gasteiger partial charge in [0.1, 0.15) is 4.88 Å². The van der Waals surface area contributed by atoms with Gasteiger partial charge in [0.25, 0.3) is 5.69 Å². The summed E-state index contributed by atoms with van der Waals surface area (Å²) in [5, 5.41) is 24.9. The standard InChI is InChI=1S/C13H11N3O5S/c1-7-6-10(22-11(7)12(17)18)15-13(19)14-8-2-4-9(5-3-8)16(20)21/h2-6H,1H3,(H,17,18)(H2,14,15,19). The number of rotatable bonds is 4. The molecule has 22 heavy (non-hydrogen) atoms. The number of urea groups is 1. The average Bonchev–Trinajstić information content (AvgIpc) is 2.80. The molecule has 0 saturated heterocycles. The van der Waals surface area contributed by atoms with Crippen molar-refractivity contribution in [2.45, 2.75) is 6.92 Å². The van der Waals surface area contributed by atoms with Crippen LogP contribution in [0.2, 0.25) is 0 Å². The van der Waals surface area contributed by atoms with Gasteiger partial charge in [0.2, 0.25) is 0 Å². The van der Waals surface area contributed by atoms with E-state index in [4.69, 9.17) is 5.11 Å². The summed E-state index contributed by atoms with van der Waals surface area (Å²) in [7, 11) is 0. The van der Waals surface area contributed by atoms with Crippen molar-refractivity contribution >= 4 is 39.7 Å². The number of nitro benzene ring substituents is 1. The fourth-order valence-corrected chi connectivity index (χ4v) is 2.60. The number of aromatic carboxylic acids is 1. The molecule has 9 heteroatoms. The summed E-state index contributed by atoms with van der Waals surface area (Å²) in [6, 6.07) is 6.34. The van der Waals surface area contributed by atoms with Gasteiger partial charge in [-0.15, -0.1) is 11.3 Å². The Labute approximate surface area is 128 Å². The Bertz CT molecular complexity index is 739. The molecule has 1 aromatic carbocycles. The molecule has 0 atom stereocenters. The fraction of sp³-hybridized carbons (Fsp3) is 0.0769. The Balaban J connectivity index is 2.02. The first-order valence-electron chi connectivity index (χ1n) is 6.03. The first kappa shape index (κ1) is 15.4. The van der Waals surface area contributed by atoms with E-state index in [9.17, 15) is 19.7 Å². The Hall–Kier alpha value is -2.94. The smallest absolute Gasteiger partial charge is 0.346 e. The summed E-state index contributed by atoms with van der Waals surface area (Å²) < 4.78 is 0. The van der Waals surface area contributed by atoms with E-state index in [0.29, 0.717) is 16.3 Å². The van der Waals surface area contributed by atoms with E-state index in [1.165, 1.54) is 24.3 Å². The van der Waals surface area contributed by atoms with Crippen LogP contribution in [0.1, 0.15) is 15.2 Å². The van der Waals surface area contributed by atoms with Gasteiger partial charge in [-0.25, -0.2) is 9.59 Å². The normalized spacial score (nSPS) is 10.0. The van der Waals surface area contributed by atoms with Crippen LogP contribution < -0.4 is 10.6 Å². The number of benzene rings is 1. The highest BCUT2D eigenvalue weighted by Crippen LogP contribution is 2.26. The van der Waals surface area contributed by atoms with Crippen LogP contribution >= 0.6 is 11.3 Å². The van der Waals surface area contributed by atoms with Crippen molar-refractivity contribution in [2.24, 2.45) is 0 Å². The molecule has 0 radical (unpaired) electrons. The Morgan fingerprint density at radius 2 is 1.86 bits per heavy atom. The van der Waals surface area contributed by atoms with Crippen LogP contribution in [0.3, 0.4) is 0 Å². The molecule has 0 bridgehead atoms. The third kappa shape index (κ3) is 3.58. The Kier molecular flexibility index (Phi) is 4.37. The molecule has 1 aromatic heterocycles. The highest BCUT2D eigenvalue weighted by atomic mass is 32.1. The zero-order valence-electron chi connectivity index (χ0n) is 11.3. The number of amides is 2. The number of carbonyl (C=O) groups excluding carboxylic acids is 1. The molecule has 3 N–H and O–H groups in total. The summed E-state index contributed by atoms with van der Waals surface area (Å²) in [5.41, 5.74) is 0.865. The number of nitrogens with zero attached hydrogens (tertiary/aromatic N) is 1. The lowest BCUT2D eigenvalue weighted by atomic mass is 10.3. The molecule has 2 amide bonds. The second-order valence-corrected chi connectivity index (χ2v) is 5.36. The lowest BCUT2D eigenvalue weighted by Gasteiger charge is -2.05. The van der Waals surface area contributed by atoms with Crippen molar-refractivity contribution in [3.8, 4) is 0 Å². The van der Waals surface area contributed by atoms with Crippen LogP contribution in [0, 0.1) is 17.0 Å². The van der Waals surface area contributed by atoms with Crippen LogP contribution in [0.25, 0.3) is 0 Å². The minimum atomic E-state index is -1.05. The summed E-state index contributed by atoms with van der Waals surface area (Å²) in [6.45, 7) is 1.64. The van der Waals surface area contributed by atoms with Crippen molar-refractivity contribution in [1.29, 1.82) is 0 Å². The number of carbonyl (C=O) groups is 2. The summed E-state index contributed by atoms with van der Waals surface area (Å²) in [4.78, 5) is 32.9. The molecule has 1 heterocycles. The first-order valence-corrected chi connectivity index (χ1v) is 6.84. The van der Waals surface area contributed by atoms with Gasteiger partial charge in [-0.2, -0.15) is 0 Å². The van der Waals surface area contributed by atoms with Gasteiger partial charge in [0.15, 0.2) is 0 Å². The van der Waals surface area contributed by atoms with Crippen molar-refractivity contribution in [1.82, 2.24) is 0 Å². The quantitative estimate of drug-likeness (QED) is 0.589. The molecular weight excluding hydrogens is 310 g/mol. The van der Waals surface area contributed by atoms with E-state index < -0.39 is 16.9 Å². The van der Waals surface area contributed by atoms with Crippen molar-refractivity contribution in [2.75, 3.05) is 10.6 Å². The topological polar surface area (TPSA) is 122 Å². The van der Waals surface area contributed by atoms with Gasteiger partial charge in [-0.05, 0) is 30.7 Å². The van der Waals surface area contributed by atoms with Gasteiger partial charge < -0.3 is 10.4 Å². The minimum absolute atomic E-state index is 0.0778. The van der Waals surface area contributed by atoms with Gasteiger partial charge in [-0.1, -0.05) is 0 Å². The summed E-state index contributed by atoms with van der Waals surface area (Å²) in [6.07, 6.45) is 0. The van der Waals surface area contributed by atoms with Crippen molar-refractivity contribution < 1.29 is 19.6 Å². The SMILES string of the molecule is Cc1cc(NC(=O)Nc2ccc([N+](=O)[O-])cc2)sc1C(=O)O. The number of nitrogens with one attached hydrogen (secondary N) is 2. The molecule has 8 nitrogen and oxygen atoms in total. The minimum Gasteiger partial charge on any atom is -0.477 e. The molecule has 0 aliphatic carbocycles. The third-order valence-electron chi connectivity index (χ3n) is 2.68. The van der Waals surface area contributed by atoms with Crippen LogP contribution in [0.4, 0.5) is 21.2 Å². The molecular formula is C13H11N3O5S. The molecule has 114 valence electrons. The maximum Gasteiger partial charge on any atom is 0.346 e. The van der Waals surface area contributed by atoms with Crippen LogP contribution in [0.15, 0.2) is 30.3 Å². The maximum atomic E-state index is 11.8. The zero-order chi connectivity index (χ0) is 16.3. The van der Waals surface area contributed by atoms with Gasteiger partial charge in [0, 0.05) is 17.8 Å². The first-order chi connectivity index (χ1) is 10.4. The average molecular weight is 321 g/mol. The predicted octanol–water partition coefficient (Wildman–Crippen LogP) is 3.31. The third-order valence-corrected chi connectivity index (χ3v) is 3.83. The van der Waals surface area contributed by atoms with Gasteiger partial charge >= 0.3 is 12.0 Å². The molecule has 0 saturated carbocycles. The number of hydrogen-bond acceptors (Lipinski definition) is 5. The van der Waals surface area contributed by atoms with Crippen LogP contribution in [0.5, 0.6) is 0 Å². The highest BCUT2D eigenvalue weighted by Gasteiger charge is 2.14. The molecule has 0 spiro atoms. The number of carboxylic acids is 1. The van der Waals surface area contributed by atoms with E-state index in [0.717, 1.165) is 11.3 Å². The summed E-state index contributed by atoms with van der Waals surface area (Å²) >= 11 is 0.952. The largest absolute Gasteiger partial charge is 0.477 e. The van der Waals surface area contributed by atoms with Crippen molar-refractivity contribution in [3.63, 3.8) is 0 Å². The molecule has 2 rings (SSSR count). The molecule has 0 aliphatic heterocycles. The number of anilines is 2. The number of aryl methyl sites for hydroxylation is 1. The lowest BCUT2D eigenvalue weighted by molar-refractivity contribution is -0.384. The Morgan fingerprint density at radius 1 is 1.23 bits per heavy atom. The summed E-state index contributed by atoms with van der Waals surface area (Å²) in [5.74, 6) is -1.05. The highest BCUT2D eigenvalue weighted by molar-refractivity contribution is 7.18. The Morgan fingerprint density at radius 3 is 2.36 bits per heavy atom.